The molecule has 2 nitrogen and oxygen atoms in total. The zero-order valence-corrected chi connectivity index (χ0v) is 9.48. The van der Waals surface area contributed by atoms with Crippen LogP contribution in [0.2, 0.25) is 0 Å². The zero-order valence-electron chi connectivity index (χ0n) is 7.85. The number of aryl methyl sites for hydroxylation is 1. The Morgan fingerprint density at radius 1 is 1.50 bits per heavy atom. The fraction of sp³-hybridized carbons (Fsp3) is 0.500. The van der Waals surface area contributed by atoms with Crippen molar-refractivity contribution in [3.05, 3.63) is 24.0 Å². The molecule has 2 heterocycles. The minimum Gasteiger partial charge on any atom is -0.353 e. The van der Waals surface area contributed by atoms with E-state index in [1.807, 2.05) is 18.5 Å². The largest absolute Gasteiger partial charge is 0.353 e. The van der Waals surface area contributed by atoms with E-state index in [-0.39, 0.29) is 0 Å². The van der Waals surface area contributed by atoms with Crippen LogP contribution < -0.4 is 0 Å². The predicted molar refractivity (Wildman–Crippen MR) is 62.5 cm³/mol. The maximum Gasteiger partial charge on any atom is 0.101 e. The smallest absolute Gasteiger partial charge is 0.101 e. The maximum atomic E-state index is 8.66. The Hall–Kier alpha value is -0.530. The van der Waals surface area contributed by atoms with E-state index in [1.165, 1.54) is 17.9 Å². The van der Waals surface area contributed by atoms with Crippen molar-refractivity contribution in [2.75, 3.05) is 11.5 Å². The van der Waals surface area contributed by atoms with Crippen LogP contribution in [0.1, 0.15) is 12.0 Å². The molecule has 0 aromatic carbocycles. The van der Waals surface area contributed by atoms with Gasteiger partial charge in [0.25, 0.3) is 0 Å². The van der Waals surface area contributed by atoms with Gasteiger partial charge in [-0.2, -0.15) is 5.26 Å². The lowest BCUT2D eigenvalue weighted by Crippen LogP contribution is -2.00. The summed E-state index contributed by atoms with van der Waals surface area (Å²) in [6, 6.07) is 4.01. The van der Waals surface area contributed by atoms with Crippen molar-refractivity contribution < 1.29 is 0 Å². The number of thioether (sulfide) groups is 2. The third-order valence-corrected chi connectivity index (χ3v) is 5.36. The second-order valence-electron chi connectivity index (χ2n) is 3.21. The van der Waals surface area contributed by atoms with Crippen molar-refractivity contribution in [2.24, 2.45) is 0 Å². The number of hydrogen-bond donors (Lipinski definition) is 0. The maximum absolute atomic E-state index is 8.66. The van der Waals surface area contributed by atoms with Crippen LogP contribution in [0.15, 0.2) is 18.5 Å². The van der Waals surface area contributed by atoms with Crippen molar-refractivity contribution in [3.8, 4) is 6.07 Å². The number of hydrogen-bond acceptors (Lipinski definition) is 3. The van der Waals surface area contributed by atoms with E-state index in [2.05, 4.69) is 34.2 Å². The molecule has 1 saturated heterocycles. The van der Waals surface area contributed by atoms with Crippen LogP contribution in [-0.2, 0) is 6.54 Å². The van der Waals surface area contributed by atoms with Gasteiger partial charge in [0, 0.05) is 30.4 Å². The first-order chi connectivity index (χ1) is 6.88. The van der Waals surface area contributed by atoms with Gasteiger partial charge in [0.1, 0.15) is 6.07 Å². The van der Waals surface area contributed by atoms with Gasteiger partial charge in [-0.15, -0.1) is 23.5 Å². The van der Waals surface area contributed by atoms with Crippen LogP contribution in [0.4, 0.5) is 0 Å². The van der Waals surface area contributed by atoms with Gasteiger partial charge < -0.3 is 4.57 Å². The summed E-state index contributed by atoms with van der Waals surface area (Å²) in [4.78, 5) is 0. The summed E-state index contributed by atoms with van der Waals surface area (Å²) in [6.45, 7) is 1.03. The summed E-state index contributed by atoms with van der Waals surface area (Å²) in [5, 5.41) is 8.66. The van der Waals surface area contributed by atoms with E-state index in [0.717, 1.165) is 16.7 Å². The van der Waals surface area contributed by atoms with Crippen molar-refractivity contribution >= 4 is 23.5 Å². The molecule has 1 aromatic rings. The first-order valence-electron chi connectivity index (χ1n) is 4.67. The van der Waals surface area contributed by atoms with E-state index < -0.39 is 0 Å². The highest BCUT2D eigenvalue weighted by Gasteiger charge is 2.15. The van der Waals surface area contributed by atoms with Gasteiger partial charge in [-0.25, -0.2) is 0 Å². The molecule has 4 heteroatoms. The lowest BCUT2D eigenvalue weighted by Gasteiger charge is -2.07. The van der Waals surface area contributed by atoms with E-state index in [4.69, 9.17) is 5.26 Å². The minimum absolute atomic E-state index is 0.761. The lowest BCUT2D eigenvalue weighted by molar-refractivity contribution is 0.678. The van der Waals surface area contributed by atoms with Crippen molar-refractivity contribution in [1.29, 1.82) is 5.26 Å². The number of rotatable bonds is 3. The monoisotopic (exact) mass is 224 g/mol. The highest BCUT2D eigenvalue weighted by Crippen LogP contribution is 2.34. The second-order valence-corrected chi connectivity index (χ2v) is 6.13. The van der Waals surface area contributed by atoms with Gasteiger partial charge in [0.15, 0.2) is 0 Å². The second kappa shape index (κ2) is 4.81. The van der Waals surface area contributed by atoms with Crippen LogP contribution in [0.3, 0.4) is 0 Å². The molecule has 1 aromatic heterocycles. The summed E-state index contributed by atoms with van der Waals surface area (Å²) in [5.41, 5.74) is 0.761. The van der Waals surface area contributed by atoms with Crippen LogP contribution in [0.25, 0.3) is 0 Å². The van der Waals surface area contributed by atoms with E-state index >= 15 is 0 Å². The molecule has 0 aliphatic carbocycles. The standard InChI is InChI=1S/C10H12N2S2/c11-7-9-1-3-12(8-9)4-2-10-13-5-6-14-10/h1,3,8,10H,2,4-6H2. The van der Waals surface area contributed by atoms with E-state index in [0.29, 0.717) is 0 Å². The zero-order chi connectivity index (χ0) is 9.80. The van der Waals surface area contributed by atoms with Gasteiger partial charge in [-0.05, 0) is 12.5 Å². The number of nitriles is 1. The first-order valence-corrected chi connectivity index (χ1v) is 6.77. The number of nitrogens with zero attached hydrogens (tertiary/aromatic N) is 2. The van der Waals surface area contributed by atoms with Crippen LogP contribution in [-0.4, -0.2) is 20.7 Å². The minimum atomic E-state index is 0.761. The Morgan fingerprint density at radius 2 is 2.29 bits per heavy atom. The van der Waals surface area contributed by atoms with Gasteiger partial charge in [-0.3, -0.25) is 0 Å². The van der Waals surface area contributed by atoms with Crippen molar-refractivity contribution in [2.45, 2.75) is 17.5 Å². The van der Waals surface area contributed by atoms with Gasteiger partial charge in [0.05, 0.1) is 10.1 Å². The summed E-state index contributed by atoms with van der Waals surface area (Å²) in [7, 11) is 0. The Morgan fingerprint density at radius 3 is 2.93 bits per heavy atom. The quantitative estimate of drug-likeness (QED) is 0.790. The molecular weight excluding hydrogens is 212 g/mol. The highest BCUT2D eigenvalue weighted by molar-refractivity contribution is 8.20. The van der Waals surface area contributed by atoms with Gasteiger partial charge in [0.2, 0.25) is 0 Å². The predicted octanol–water partition coefficient (Wildman–Crippen LogP) is 2.56. The molecule has 0 amide bonds. The molecule has 0 atom stereocenters. The Balaban J connectivity index is 1.82. The average molecular weight is 224 g/mol. The summed E-state index contributed by atoms with van der Waals surface area (Å²) < 4.78 is 2.88. The molecule has 2 rings (SSSR count). The van der Waals surface area contributed by atoms with Crippen LogP contribution in [0.5, 0.6) is 0 Å². The Kier molecular flexibility index (Phi) is 3.44. The van der Waals surface area contributed by atoms with Crippen molar-refractivity contribution in [3.63, 3.8) is 0 Å². The third kappa shape index (κ3) is 2.49. The fourth-order valence-corrected chi connectivity index (χ4v) is 4.28. The van der Waals surface area contributed by atoms with E-state index in [9.17, 15) is 0 Å². The van der Waals surface area contributed by atoms with Crippen molar-refractivity contribution in [1.82, 2.24) is 4.57 Å². The summed E-state index contributed by atoms with van der Waals surface area (Å²) >= 11 is 4.12. The molecular formula is C10H12N2S2. The molecule has 1 aliphatic rings. The molecule has 0 N–H and O–H groups in total. The molecule has 0 bridgehead atoms. The van der Waals surface area contributed by atoms with Gasteiger partial charge >= 0.3 is 0 Å². The Bertz CT molecular complexity index is 334. The van der Waals surface area contributed by atoms with Crippen LogP contribution in [0, 0.1) is 11.3 Å². The first kappa shape index (κ1) is 10.0. The topological polar surface area (TPSA) is 28.7 Å². The SMILES string of the molecule is N#Cc1ccn(CCC2SCCS2)c1. The molecule has 0 saturated carbocycles. The molecule has 14 heavy (non-hydrogen) atoms. The molecule has 0 spiro atoms. The summed E-state index contributed by atoms with van der Waals surface area (Å²) in [5.74, 6) is 2.59. The summed E-state index contributed by atoms with van der Waals surface area (Å²) in [6.07, 6.45) is 5.11. The fourth-order valence-electron chi connectivity index (χ4n) is 1.47. The highest BCUT2D eigenvalue weighted by atomic mass is 32.2. The van der Waals surface area contributed by atoms with E-state index in [1.54, 1.807) is 0 Å². The lowest BCUT2D eigenvalue weighted by atomic mass is 10.4. The average Bonchev–Trinajstić information content (AvgIpc) is 2.86. The van der Waals surface area contributed by atoms with Crippen LogP contribution >= 0.6 is 23.5 Å². The molecule has 0 unspecified atom stereocenters. The normalized spacial score (nSPS) is 17.1. The van der Waals surface area contributed by atoms with Gasteiger partial charge in [-0.1, -0.05) is 0 Å². The molecule has 74 valence electrons. The number of aromatic nitrogens is 1. The third-order valence-electron chi connectivity index (χ3n) is 2.19. The Labute approximate surface area is 92.7 Å². The molecule has 1 aliphatic heterocycles. The molecule has 1 fully saturated rings. The molecule has 0 radical (unpaired) electrons.